The number of carbonyl (C=O) groups is 3. The average Bonchev–Trinajstić information content (AvgIpc) is 3.65. The summed E-state index contributed by atoms with van der Waals surface area (Å²) in [6.45, 7) is 8.07. The molecule has 3 saturated heterocycles. The van der Waals surface area contributed by atoms with Crippen molar-refractivity contribution < 1.29 is 19.1 Å². The number of carbonyl (C=O) groups excluding carboxylic acids is 3. The van der Waals surface area contributed by atoms with E-state index in [0.29, 0.717) is 12.0 Å². The molecule has 3 fully saturated rings. The molecule has 0 aliphatic carbocycles. The largest absolute Gasteiger partial charge is 0.366 e. The second-order valence-corrected chi connectivity index (χ2v) is 11.4. The molecular formula is C27H36N6O4S. The number of anilines is 1. The number of likely N-dealkylation sites (tertiary alicyclic amines) is 1. The summed E-state index contributed by atoms with van der Waals surface area (Å²) in [6.07, 6.45) is 0.211. The Morgan fingerprint density at radius 2 is 1.92 bits per heavy atom. The molecule has 0 saturated carbocycles. The summed E-state index contributed by atoms with van der Waals surface area (Å²) in [4.78, 5) is 50.1. The number of ketones is 1. The number of ether oxygens (including phenoxy) is 1. The van der Waals surface area contributed by atoms with Crippen LogP contribution in [0.4, 0.5) is 5.13 Å². The van der Waals surface area contributed by atoms with Crippen LogP contribution in [0.2, 0.25) is 0 Å². The number of nitrogens with two attached hydrogens (primary N) is 1. The highest BCUT2D eigenvalue weighted by molar-refractivity contribution is 7.14. The first-order chi connectivity index (χ1) is 18.3. The third-order valence-electron chi connectivity index (χ3n) is 7.98. The molecule has 10 nitrogen and oxygen atoms in total. The van der Waals surface area contributed by atoms with E-state index in [-0.39, 0.29) is 36.7 Å². The molecule has 3 aliphatic heterocycles. The van der Waals surface area contributed by atoms with Gasteiger partial charge in [-0.2, -0.15) is 0 Å². The Hall–Kier alpha value is -2.86. The Kier molecular flexibility index (Phi) is 7.80. The quantitative estimate of drug-likeness (QED) is 0.538. The van der Waals surface area contributed by atoms with Gasteiger partial charge in [-0.1, -0.05) is 32.4 Å². The molecular weight excluding hydrogens is 504 g/mol. The minimum atomic E-state index is -0.767. The number of benzene rings is 1. The van der Waals surface area contributed by atoms with Gasteiger partial charge in [0.25, 0.3) is 5.91 Å². The number of thiazole rings is 1. The molecule has 0 radical (unpaired) electrons. The number of rotatable bonds is 7. The van der Waals surface area contributed by atoms with Gasteiger partial charge >= 0.3 is 0 Å². The highest BCUT2D eigenvalue weighted by atomic mass is 32.1. The van der Waals surface area contributed by atoms with E-state index in [1.807, 2.05) is 31.4 Å². The van der Waals surface area contributed by atoms with Crippen LogP contribution in [0, 0.1) is 5.92 Å². The van der Waals surface area contributed by atoms with Crippen molar-refractivity contribution in [1.29, 1.82) is 0 Å². The highest BCUT2D eigenvalue weighted by Crippen LogP contribution is 2.30. The normalized spacial score (nSPS) is 25.4. The van der Waals surface area contributed by atoms with Crippen LogP contribution in [0.15, 0.2) is 29.6 Å². The van der Waals surface area contributed by atoms with Crippen LogP contribution in [0.3, 0.4) is 0 Å². The van der Waals surface area contributed by atoms with Crippen molar-refractivity contribution in [3.8, 4) is 11.3 Å². The maximum absolute atomic E-state index is 13.6. The smallest absolute Gasteiger partial charge is 0.251 e. The minimum Gasteiger partial charge on any atom is -0.366 e. The molecule has 5 rings (SSSR count). The lowest BCUT2D eigenvalue weighted by Crippen LogP contribution is -2.54. The van der Waals surface area contributed by atoms with Crippen molar-refractivity contribution in [1.82, 2.24) is 20.1 Å². The van der Waals surface area contributed by atoms with Crippen LogP contribution in [0.5, 0.6) is 0 Å². The monoisotopic (exact) mass is 540 g/mol. The Labute approximate surface area is 227 Å². The first kappa shape index (κ1) is 26.7. The Bertz CT molecular complexity index is 1180. The molecule has 1 aromatic carbocycles. The summed E-state index contributed by atoms with van der Waals surface area (Å²) >= 11 is 1.63. The van der Waals surface area contributed by atoms with Gasteiger partial charge < -0.3 is 30.5 Å². The number of piperazine rings is 1. The van der Waals surface area contributed by atoms with Crippen LogP contribution in [0.1, 0.15) is 30.6 Å². The van der Waals surface area contributed by atoms with Crippen molar-refractivity contribution in [2.24, 2.45) is 11.7 Å². The van der Waals surface area contributed by atoms with E-state index in [1.54, 1.807) is 23.5 Å². The summed E-state index contributed by atoms with van der Waals surface area (Å²) in [5.74, 6) is -0.883. The molecule has 2 amide bonds. The van der Waals surface area contributed by atoms with Crippen LogP contribution in [0.25, 0.3) is 11.3 Å². The van der Waals surface area contributed by atoms with Crippen molar-refractivity contribution in [2.75, 3.05) is 51.3 Å². The van der Waals surface area contributed by atoms with E-state index in [4.69, 9.17) is 15.5 Å². The lowest BCUT2D eigenvalue weighted by atomic mass is 9.96. The van der Waals surface area contributed by atoms with Gasteiger partial charge in [0.05, 0.1) is 11.7 Å². The summed E-state index contributed by atoms with van der Waals surface area (Å²) in [6, 6.07) is 5.43. The standard InChI is InChI=1S/C27H36N6O4S/c1-4-16(2)22(26(36)33-13-19(28)24-23(33)21(34)14-37-24)30-25(35)18-7-5-17(6-8-18)20-15-38-27(29-20)32-11-9-31(3)10-12-32/h5-8,15-16,19,22-24H,4,9-14,28H2,1-3H3,(H,30,35)/t16-,19-,22-,23+,24+/m0/s1. The van der Waals surface area contributed by atoms with Gasteiger partial charge in [-0.05, 0) is 25.1 Å². The van der Waals surface area contributed by atoms with E-state index < -0.39 is 24.2 Å². The number of amides is 2. The van der Waals surface area contributed by atoms with Gasteiger partial charge in [0.15, 0.2) is 10.9 Å². The number of Topliss-reactive ketones (excluding diaryl/α,β-unsaturated/α-hetero) is 1. The van der Waals surface area contributed by atoms with Crippen LogP contribution in [-0.4, -0.2) is 103 Å². The van der Waals surface area contributed by atoms with Crippen LogP contribution in [-0.2, 0) is 14.3 Å². The van der Waals surface area contributed by atoms with Gasteiger partial charge in [0, 0.05) is 49.2 Å². The number of hydrogen-bond acceptors (Lipinski definition) is 9. The van der Waals surface area contributed by atoms with E-state index in [0.717, 1.165) is 42.6 Å². The van der Waals surface area contributed by atoms with Gasteiger partial charge in [-0.3, -0.25) is 14.4 Å². The fraction of sp³-hybridized carbons (Fsp3) is 0.556. The number of nitrogens with one attached hydrogen (secondary N) is 1. The molecule has 0 spiro atoms. The Morgan fingerprint density at radius 1 is 1.21 bits per heavy atom. The zero-order valence-corrected chi connectivity index (χ0v) is 22.9. The second-order valence-electron chi connectivity index (χ2n) is 10.6. The summed E-state index contributed by atoms with van der Waals surface area (Å²) in [5, 5.41) is 5.99. The molecule has 4 heterocycles. The molecule has 1 aromatic heterocycles. The first-order valence-electron chi connectivity index (χ1n) is 13.3. The van der Waals surface area contributed by atoms with Gasteiger partial charge in [-0.15, -0.1) is 11.3 Å². The molecule has 2 aromatic rings. The zero-order chi connectivity index (χ0) is 27.0. The first-order valence-corrected chi connectivity index (χ1v) is 14.2. The summed E-state index contributed by atoms with van der Waals surface area (Å²) in [7, 11) is 2.13. The third kappa shape index (κ3) is 5.20. The van der Waals surface area contributed by atoms with Gasteiger partial charge in [0.1, 0.15) is 24.8 Å². The van der Waals surface area contributed by atoms with E-state index in [9.17, 15) is 14.4 Å². The van der Waals surface area contributed by atoms with Crippen molar-refractivity contribution >= 4 is 34.1 Å². The number of fused-ring (bicyclic) bond motifs is 1. The fourth-order valence-corrected chi connectivity index (χ4v) is 6.23. The van der Waals surface area contributed by atoms with E-state index in [2.05, 4.69) is 22.2 Å². The maximum Gasteiger partial charge on any atom is 0.251 e. The van der Waals surface area contributed by atoms with Gasteiger partial charge in [-0.25, -0.2) is 4.98 Å². The second kappa shape index (κ2) is 11.1. The number of aromatic nitrogens is 1. The highest BCUT2D eigenvalue weighted by Gasteiger charge is 2.52. The van der Waals surface area contributed by atoms with Crippen molar-refractivity contribution in [3.05, 3.63) is 35.2 Å². The maximum atomic E-state index is 13.6. The molecule has 3 N–H and O–H groups in total. The predicted molar refractivity (Wildman–Crippen MR) is 146 cm³/mol. The zero-order valence-electron chi connectivity index (χ0n) is 22.1. The fourth-order valence-electron chi connectivity index (χ4n) is 5.34. The summed E-state index contributed by atoms with van der Waals surface area (Å²) < 4.78 is 5.52. The minimum absolute atomic E-state index is 0.0324. The number of hydrogen-bond donors (Lipinski definition) is 2. The Morgan fingerprint density at radius 3 is 2.61 bits per heavy atom. The molecule has 3 aliphatic rings. The Balaban J connectivity index is 1.27. The average molecular weight is 541 g/mol. The van der Waals surface area contributed by atoms with Crippen molar-refractivity contribution in [3.63, 3.8) is 0 Å². The van der Waals surface area contributed by atoms with E-state index in [1.165, 1.54) is 4.90 Å². The molecule has 5 atom stereocenters. The van der Waals surface area contributed by atoms with E-state index >= 15 is 0 Å². The molecule has 38 heavy (non-hydrogen) atoms. The SMILES string of the molecule is CC[C@H](C)[C@H](NC(=O)c1ccc(-c2csc(N3CCN(C)CC3)n2)cc1)C(=O)N1C[C@H](N)[C@H]2OCC(=O)[C@H]21. The molecule has 204 valence electrons. The topological polar surface area (TPSA) is 121 Å². The van der Waals surface area contributed by atoms with Crippen LogP contribution >= 0.6 is 11.3 Å². The molecule has 0 unspecified atom stereocenters. The predicted octanol–water partition coefficient (Wildman–Crippen LogP) is 1.21. The molecule has 0 bridgehead atoms. The number of likely N-dealkylation sites (N-methyl/N-ethyl adjacent to an activating group) is 1. The molecule has 11 heteroatoms. The van der Waals surface area contributed by atoms with Gasteiger partial charge in [0.2, 0.25) is 5.91 Å². The lowest BCUT2D eigenvalue weighted by molar-refractivity contribution is -0.139. The van der Waals surface area contributed by atoms with Crippen molar-refractivity contribution in [2.45, 2.75) is 44.5 Å². The summed E-state index contributed by atoms with van der Waals surface area (Å²) in [5.41, 5.74) is 8.43. The van der Waals surface area contributed by atoms with Crippen LogP contribution < -0.4 is 16.0 Å². The number of nitrogens with zero attached hydrogens (tertiary/aromatic N) is 4. The lowest BCUT2D eigenvalue weighted by Gasteiger charge is -2.32. The third-order valence-corrected chi connectivity index (χ3v) is 8.88.